The van der Waals surface area contributed by atoms with Crippen LogP contribution in [-0.4, -0.2) is 43.0 Å². The van der Waals surface area contributed by atoms with Crippen LogP contribution >= 0.6 is 0 Å². The number of Topliss-reactive ketones (excluding diaryl/α,β-unsaturated/α-hetero) is 1. The predicted molar refractivity (Wildman–Crippen MR) is 118 cm³/mol. The number of hydrogen-bond acceptors (Lipinski definition) is 9. The minimum Gasteiger partial charge on any atom is -0.475 e. The number of methoxy groups -OCH3 is 2. The summed E-state index contributed by atoms with van der Waals surface area (Å²) >= 11 is 0. The molecule has 3 N–H and O–H groups in total. The van der Waals surface area contributed by atoms with E-state index in [1.807, 2.05) is 6.07 Å². The number of aliphatic carboxylic acids is 1. The molecule has 0 spiro atoms. The van der Waals surface area contributed by atoms with Gasteiger partial charge in [0.25, 0.3) is 5.78 Å². The topological polar surface area (TPSA) is 160 Å². The largest absolute Gasteiger partial charge is 0.475 e. The first-order chi connectivity index (χ1) is 16.3. The van der Waals surface area contributed by atoms with Gasteiger partial charge in [-0.15, -0.1) is 0 Å². The molecule has 1 atom stereocenters. The summed E-state index contributed by atoms with van der Waals surface area (Å²) in [6.07, 6.45) is 0. The first kappa shape index (κ1) is 23.7. The third kappa shape index (κ3) is 3.98. The van der Waals surface area contributed by atoms with Crippen LogP contribution < -0.4 is 10.6 Å². The third-order valence-electron chi connectivity index (χ3n) is 5.19. The summed E-state index contributed by atoms with van der Waals surface area (Å²) < 4.78 is 9.84. The molecule has 10 heteroatoms. The summed E-state index contributed by atoms with van der Waals surface area (Å²) in [5.41, 5.74) is 5.59. The van der Waals surface area contributed by atoms with Gasteiger partial charge in [-0.05, 0) is 17.7 Å². The number of carboxylic acid groups (broad SMARTS) is 1. The monoisotopic (exact) mass is 461 g/mol. The van der Waals surface area contributed by atoms with E-state index in [4.69, 9.17) is 15.2 Å². The van der Waals surface area contributed by atoms with Crippen LogP contribution in [0, 0.1) is 11.3 Å². The summed E-state index contributed by atoms with van der Waals surface area (Å²) in [6.45, 7) is 0. The Morgan fingerprint density at radius 1 is 0.971 bits per heavy atom. The molecule has 1 aliphatic heterocycles. The van der Waals surface area contributed by atoms with Crippen molar-refractivity contribution in [3.63, 3.8) is 0 Å². The number of esters is 2. The second-order valence-corrected chi connectivity index (χ2v) is 6.99. The molecule has 0 radical (unpaired) electrons. The Balaban J connectivity index is 2.46. The summed E-state index contributed by atoms with van der Waals surface area (Å²) in [5.74, 6) is -6.36. The van der Waals surface area contributed by atoms with Crippen molar-refractivity contribution in [2.45, 2.75) is 5.92 Å². The highest BCUT2D eigenvalue weighted by Crippen LogP contribution is 2.43. The number of hydrogen-bond donors (Lipinski definition) is 2. The smallest absolute Gasteiger partial charge is 0.377 e. The predicted octanol–water partition coefficient (Wildman–Crippen LogP) is 1.85. The normalized spacial score (nSPS) is 15.4. The van der Waals surface area contributed by atoms with Gasteiger partial charge in [-0.3, -0.25) is 9.69 Å². The lowest BCUT2D eigenvalue weighted by molar-refractivity contribution is -0.139. The molecule has 0 amide bonds. The van der Waals surface area contributed by atoms with Crippen molar-refractivity contribution in [1.82, 2.24) is 0 Å². The molecule has 0 saturated carbocycles. The molecule has 2 aromatic rings. The number of para-hydroxylation sites is 1. The number of carboxylic acids is 1. The number of nitriles is 1. The maximum Gasteiger partial charge on any atom is 0.377 e. The molecule has 1 heterocycles. The minimum absolute atomic E-state index is 0.114. The van der Waals surface area contributed by atoms with Crippen LogP contribution in [0.25, 0.3) is 0 Å². The number of ketones is 1. The highest BCUT2D eigenvalue weighted by atomic mass is 16.5. The van der Waals surface area contributed by atoms with E-state index in [0.717, 1.165) is 19.1 Å². The number of anilines is 1. The van der Waals surface area contributed by atoms with Gasteiger partial charge in [-0.2, -0.15) is 5.26 Å². The highest BCUT2D eigenvalue weighted by molar-refractivity contribution is 6.41. The van der Waals surface area contributed by atoms with Crippen molar-refractivity contribution < 1.29 is 33.8 Å². The Labute approximate surface area is 194 Å². The van der Waals surface area contributed by atoms with E-state index in [1.54, 1.807) is 30.3 Å². The standard InChI is InChI=1S/C24H19N3O7/c1-33-23(31)18-17(13-8-4-3-5-9-13)15(12-25)21(26)27(19(18)24(32)34-2)16-11-7-6-10-14(16)20(28)22(29)30/h3-11,17H,26H2,1-2H3,(H,29,30). The average Bonchev–Trinajstić information content (AvgIpc) is 2.86. The molecular weight excluding hydrogens is 442 g/mol. The van der Waals surface area contributed by atoms with Crippen molar-refractivity contribution in [1.29, 1.82) is 5.26 Å². The molecule has 1 aliphatic rings. The molecule has 1 unspecified atom stereocenters. The van der Waals surface area contributed by atoms with Gasteiger partial charge in [0.1, 0.15) is 11.5 Å². The van der Waals surface area contributed by atoms with Crippen LogP contribution in [0.3, 0.4) is 0 Å². The van der Waals surface area contributed by atoms with E-state index >= 15 is 0 Å². The lowest BCUT2D eigenvalue weighted by Gasteiger charge is -2.36. The number of nitrogens with two attached hydrogens (primary N) is 1. The van der Waals surface area contributed by atoms with E-state index in [2.05, 4.69) is 0 Å². The Kier molecular flexibility index (Phi) is 6.78. The van der Waals surface area contributed by atoms with E-state index in [9.17, 15) is 29.5 Å². The van der Waals surface area contributed by atoms with Crippen LogP contribution in [0.5, 0.6) is 0 Å². The zero-order valence-corrected chi connectivity index (χ0v) is 18.1. The fourth-order valence-electron chi connectivity index (χ4n) is 3.74. The fraction of sp³-hybridized carbons (Fsp3) is 0.125. The Hall–Kier alpha value is -4.91. The van der Waals surface area contributed by atoms with Crippen molar-refractivity contribution in [2.24, 2.45) is 5.73 Å². The van der Waals surface area contributed by atoms with Gasteiger partial charge >= 0.3 is 17.9 Å². The molecule has 0 saturated heterocycles. The first-order valence-corrected chi connectivity index (χ1v) is 9.80. The Bertz CT molecular complexity index is 1290. The van der Waals surface area contributed by atoms with Gasteiger partial charge in [0, 0.05) is 0 Å². The highest BCUT2D eigenvalue weighted by Gasteiger charge is 2.43. The molecule has 0 fully saturated rings. The number of carbonyl (C=O) groups excluding carboxylic acids is 3. The van der Waals surface area contributed by atoms with Crippen LogP contribution in [0.4, 0.5) is 5.69 Å². The molecule has 2 aromatic carbocycles. The van der Waals surface area contributed by atoms with E-state index in [1.165, 1.54) is 24.3 Å². The van der Waals surface area contributed by atoms with Gasteiger partial charge in [0.15, 0.2) is 0 Å². The molecule has 3 rings (SSSR count). The number of rotatable bonds is 6. The van der Waals surface area contributed by atoms with Gasteiger partial charge in [0.2, 0.25) is 0 Å². The van der Waals surface area contributed by atoms with Crippen LogP contribution in [0.15, 0.2) is 77.3 Å². The first-order valence-electron chi connectivity index (χ1n) is 9.80. The summed E-state index contributed by atoms with van der Waals surface area (Å²) in [5, 5.41) is 19.3. The number of nitrogens with zero attached hydrogens (tertiary/aromatic N) is 2. The van der Waals surface area contributed by atoms with Crippen LogP contribution in [-0.2, 0) is 23.9 Å². The van der Waals surface area contributed by atoms with E-state index in [0.29, 0.717) is 5.56 Å². The quantitative estimate of drug-likeness (QED) is 0.369. The zero-order chi connectivity index (χ0) is 25.0. The van der Waals surface area contributed by atoms with Crippen molar-refractivity contribution in [2.75, 3.05) is 19.1 Å². The second kappa shape index (κ2) is 9.70. The van der Waals surface area contributed by atoms with E-state index in [-0.39, 0.29) is 28.2 Å². The second-order valence-electron chi connectivity index (χ2n) is 6.99. The van der Waals surface area contributed by atoms with Crippen LogP contribution in [0.1, 0.15) is 21.8 Å². The molecule has 10 nitrogen and oxygen atoms in total. The maximum atomic E-state index is 13.0. The molecule has 172 valence electrons. The van der Waals surface area contributed by atoms with Crippen LogP contribution in [0.2, 0.25) is 0 Å². The third-order valence-corrected chi connectivity index (χ3v) is 5.19. The van der Waals surface area contributed by atoms with Crippen molar-refractivity contribution in [3.8, 4) is 6.07 Å². The number of carbonyl (C=O) groups is 4. The SMILES string of the molecule is COC(=O)C1=C(C(=O)OC)N(c2ccccc2C(=O)C(=O)O)C(N)=C(C#N)C1c1ccccc1. The maximum absolute atomic E-state index is 13.0. The Morgan fingerprint density at radius 2 is 1.56 bits per heavy atom. The van der Waals surface area contributed by atoms with Gasteiger partial charge in [0.05, 0.1) is 48.6 Å². The summed E-state index contributed by atoms with van der Waals surface area (Å²) in [6, 6.07) is 15.8. The summed E-state index contributed by atoms with van der Waals surface area (Å²) in [4.78, 5) is 50.8. The van der Waals surface area contributed by atoms with Gasteiger partial charge in [-0.1, -0.05) is 42.5 Å². The van der Waals surface area contributed by atoms with Crippen molar-refractivity contribution >= 4 is 29.4 Å². The lowest BCUT2D eigenvalue weighted by atomic mass is 9.80. The molecule has 34 heavy (non-hydrogen) atoms. The number of ether oxygens (including phenoxy) is 2. The fourth-order valence-corrected chi connectivity index (χ4v) is 3.74. The van der Waals surface area contributed by atoms with Gasteiger partial charge < -0.3 is 20.3 Å². The lowest BCUT2D eigenvalue weighted by Crippen LogP contribution is -2.41. The molecule has 0 aliphatic carbocycles. The van der Waals surface area contributed by atoms with Crippen molar-refractivity contribution in [3.05, 3.63) is 88.4 Å². The number of allylic oxidation sites excluding steroid dienone is 1. The number of benzene rings is 2. The Morgan fingerprint density at radius 3 is 2.12 bits per heavy atom. The van der Waals surface area contributed by atoms with Gasteiger partial charge in [-0.25, -0.2) is 14.4 Å². The summed E-state index contributed by atoms with van der Waals surface area (Å²) in [7, 11) is 2.18. The minimum atomic E-state index is -1.74. The zero-order valence-electron chi connectivity index (χ0n) is 18.1. The molecule has 0 bridgehead atoms. The van der Waals surface area contributed by atoms with E-state index < -0.39 is 35.3 Å². The molecule has 0 aromatic heterocycles. The molecular formula is C24H19N3O7. The average molecular weight is 461 g/mol.